The second-order valence-corrected chi connectivity index (χ2v) is 8.33. The smallest absolute Gasteiger partial charge is 0.258 e. The Morgan fingerprint density at radius 2 is 1.59 bits per heavy atom. The molecule has 0 spiro atoms. The highest BCUT2D eigenvalue weighted by atomic mass is 16.5. The second kappa shape index (κ2) is 12.1. The van der Waals surface area contributed by atoms with Gasteiger partial charge in [-0.1, -0.05) is 74.5 Å². The van der Waals surface area contributed by atoms with Crippen LogP contribution in [0.15, 0.2) is 66.7 Å². The number of hydrogen-bond donors (Lipinski definition) is 1. The number of amides is 2. The van der Waals surface area contributed by atoms with Gasteiger partial charge in [0.25, 0.3) is 5.91 Å². The summed E-state index contributed by atoms with van der Waals surface area (Å²) in [6.07, 6.45) is 4.29. The monoisotopic (exact) mass is 435 g/mol. The first kappa shape index (κ1) is 23.5. The van der Waals surface area contributed by atoms with E-state index in [2.05, 4.69) is 34.5 Å². The molecule has 2 aromatic carbocycles. The van der Waals surface area contributed by atoms with Crippen molar-refractivity contribution in [1.82, 2.24) is 15.1 Å². The molecular weight excluding hydrogens is 402 g/mol. The lowest BCUT2D eigenvalue weighted by molar-refractivity contribution is -0.139. The zero-order valence-corrected chi connectivity index (χ0v) is 18.9. The van der Waals surface area contributed by atoms with Crippen LogP contribution in [0.1, 0.15) is 19.4 Å². The van der Waals surface area contributed by atoms with Crippen molar-refractivity contribution in [3.05, 3.63) is 72.3 Å². The van der Waals surface area contributed by atoms with Crippen molar-refractivity contribution in [3.8, 4) is 5.75 Å². The third-order valence-corrected chi connectivity index (χ3v) is 5.52. The number of hydrogen-bond acceptors (Lipinski definition) is 4. The molecule has 1 heterocycles. The van der Waals surface area contributed by atoms with E-state index in [-0.39, 0.29) is 24.3 Å². The summed E-state index contributed by atoms with van der Waals surface area (Å²) in [4.78, 5) is 29.7. The highest BCUT2D eigenvalue weighted by molar-refractivity contribution is 5.88. The molecule has 2 amide bonds. The van der Waals surface area contributed by atoms with E-state index in [1.54, 1.807) is 12.1 Å². The van der Waals surface area contributed by atoms with Crippen molar-refractivity contribution in [3.63, 3.8) is 0 Å². The predicted molar refractivity (Wildman–Crippen MR) is 127 cm³/mol. The number of piperazine rings is 1. The minimum atomic E-state index is -0.550. The highest BCUT2D eigenvalue weighted by Gasteiger charge is 2.30. The minimum Gasteiger partial charge on any atom is -0.484 e. The number of nitrogens with zero attached hydrogens (tertiary/aromatic N) is 2. The van der Waals surface area contributed by atoms with Gasteiger partial charge in [-0.05, 0) is 23.6 Å². The van der Waals surface area contributed by atoms with Crippen LogP contribution >= 0.6 is 0 Å². The maximum absolute atomic E-state index is 13.1. The molecule has 170 valence electrons. The first-order chi connectivity index (χ1) is 15.5. The Bertz CT molecular complexity index is 876. The molecule has 0 saturated carbocycles. The third-order valence-electron chi connectivity index (χ3n) is 5.52. The molecule has 32 heavy (non-hydrogen) atoms. The van der Waals surface area contributed by atoms with E-state index >= 15 is 0 Å². The molecule has 0 bridgehead atoms. The molecule has 1 unspecified atom stereocenters. The van der Waals surface area contributed by atoms with Crippen LogP contribution in [0.4, 0.5) is 0 Å². The zero-order valence-electron chi connectivity index (χ0n) is 18.9. The van der Waals surface area contributed by atoms with Gasteiger partial charge in [0.05, 0.1) is 0 Å². The molecule has 1 N–H and O–H groups in total. The Morgan fingerprint density at radius 3 is 2.22 bits per heavy atom. The molecule has 1 saturated heterocycles. The van der Waals surface area contributed by atoms with Crippen LogP contribution in [-0.4, -0.2) is 67.0 Å². The summed E-state index contributed by atoms with van der Waals surface area (Å²) in [7, 11) is 0. The molecule has 6 heteroatoms. The van der Waals surface area contributed by atoms with Gasteiger partial charge in [-0.25, -0.2) is 0 Å². The van der Waals surface area contributed by atoms with Gasteiger partial charge in [0, 0.05) is 32.7 Å². The Kier molecular flexibility index (Phi) is 8.87. The van der Waals surface area contributed by atoms with Crippen LogP contribution in [0.2, 0.25) is 0 Å². The molecule has 1 fully saturated rings. The summed E-state index contributed by atoms with van der Waals surface area (Å²) in [5.41, 5.74) is 1.19. The molecule has 0 aliphatic carbocycles. The Balaban J connectivity index is 1.44. The number of para-hydroxylation sites is 1. The van der Waals surface area contributed by atoms with E-state index in [1.807, 2.05) is 55.1 Å². The lowest BCUT2D eigenvalue weighted by Crippen LogP contribution is -2.56. The van der Waals surface area contributed by atoms with Gasteiger partial charge in [0.1, 0.15) is 11.8 Å². The maximum atomic E-state index is 13.1. The van der Waals surface area contributed by atoms with Crippen LogP contribution in [0, 0.1) is 5.92 Å². The van der Waals surface area contributed by atoms with E-state index in [0.29, 0.717) is 18.8 Å². The number of nitrogens with one attached hydrogen (secondary N) is 1. The van der Waals surface area contributed by atoms with Crippen molar-refractivity contribution in [2.24, 2.45) is 5.92 Å². The fourth-order valence-corrected chi connectivity index (χ4v) is 3.64. The summed E-state index contributed by atoms with van der Waals surface area (Å²) in [6, 6.07) is 18.9. The highest BCUT2D eigenvalue weighted by Crippen LogP contribution is 2.11. The van der Waals surface area contributed by atoms with Crippen molar-refractivity contribution < 1.29 is 14.3 Å². The van der Waals surface area contributed by atoms with Gasteiger partial charge in [-0.2, -0.15) is 0 Å². The summed E-state index contributed by atoms with van der Waals surface area (Å²) in [6.45, 7) is 7.62. The van der Waals surface area contributed by atoms with Crippen LogP contribution in [0.3, 0.4) is 0 Å². The van der Waals surface area contributed by atoms with Crippen molar-refractivity contribution in [2.75, 3.05) is 39.3 Å². The second-order valence-electron chi connectivity index (χ2n) is 8.33. The molecule has 0 aromatic heterocycles. The van der Waals surface area contributed by atoms with Crippen molar-refractivity contribution >= 4 is 17.9 Å². The van der Waals surface area contributed by atoms with Crippen molar-refractivity contribution in [1.29, 1.82) is 0 Å². The number of benzene rings is 2. The summed E-state index contributed by atoms with van der Waals surface area (Å²) in [5.74, 6) is 0.320. The SMILES string of the molecule is CC(C)C(NC(=O)COc1ccccc1)C(=O)N1CCN(C/C=C/c2ccccc2)CC1. The molecule has 0 radical (unpaired) electrons. The molecule has 1 aliphatic heterocycles. The fourth-order valence-electron chi connectivity index (χ4n) is 3.64. The van der Waals surface area contributed by atoms with Crippen LogP contribution < -0.4 is 10.1 Å². The summed E-state index contributed by atoms with van der Waals surface area (Å²) in [5, 5.41) is 2.87. The van der Waals surface area contributed by atoms with Gasteiger partial charge in [0.2, 0.25) is 5.91 Å². The van der Waals surface area contributed by atoms with E-state index in [4.69, 9.17) is 4.74 Å². The molecule has 1 atom stereocenters. The topological polar surface area (TPSA) is 61.9 Å². The van der Waals surface area contributed by atoms with Gasteiger partial charge in [-0.3, -0.25) is 14.5 Å². The van der Waals surface area contributed by atoms with Crippen LogP contribution in [0.25, 0.3) is 6.08 Å². The van der Waals surface area contributed by atoms with Gasteiger partial charge < -0.3 is 15.0 Å². The number of rotatable bonds is 9. The van der Waals surface area contributed by atoms with Crippen LogP contribution in [0.5, 0.6) is 5.75 Å². The average molecular weight is 436 g/mol. The molecule has 2 aromatic rings. The number of carbonyl (C=O) groups is 2. The van der Waals surface area contributed by atoms with Crippen molar-refractivity contribution in [2.45, 2.75) is 19.9 Å². The standard InChI is InChI=1S/C26H33N3O3/c1-21(2)25(27-24(30)20-32-23-13-7-4-8-14-23)26(31)29-18-16-28(17-19-29)15-9-12-22-10-5-3-6-11-22/h3-14,21,25H,15-20H2,1-2H3,(H,27,30)/b12-9+. The Hall–Kier alpha value is -3.12. The quantitative estimate of drug-likeness (QED) is 0.658. The number of ether oxygens (including phenoxy) is 1. The lowest BCUT2D eigenvalue weighted by atomic mass is 10.0. The minimum absolute atomic E-state index is 0.00462. The molecule has 1 aliphatic rings. The Labute approximate surface area is 190 Å². The normalized spacial score (nSPS) is 15.7. The van der Waals surface area contributed by atoms with Gasteiger partial charge in [-0.15, -0.1) is 0 Å². The summed E-state index contributed by atoms with van der Waals surface area (Å²) >= 11 is 0. The number of carbonyl (C=O) groups excluding carboxylic acids is 2. The third kappa shape index (κ3) is 7.24. The van der Waals surface area contributed by atoms with E-state index in [1.165, 1.54) is 5.56 Å². The van der Waals surface area contributed by atoms with E-state index < -0.39 is 6.04 Å². The van der Waals surface area contributed by atoms with E-state index in [0.717, 1.165) is 19.6 Å². The molecule has 3 rings (SSSR count). The largest absolute Gasteiger partial charge is 0.484 e. The Morgan fingerprint density at radius 1 is 0.969 bits per heavy atom. The van der Waals surface area contributed by atoms with Gasteiger partial charge >= 0.3 is 0 Å². The van der Waals surface area contributed by atoms with Crippen LogP contribution in [-0.2, 0) is 9.59 Å². The predicted octanol–water partition coefficient (Wildman–Crippen LogP) is 3.06. The van der Waals surface area contributed by atoms with E-state index in [9.17, 15) is 9.59 Å². The summed E-state index contributed by atoms with van der Waals surface area (Å²) < 4.78 is 5.51. The average Bonchev–Trinajstić information content (AvgIpc) is 2.82. The zero-order chi connectivity index (χ0) is 22.8. The molecule has 6 nitrogen and oxygen atoms in total. The van der Waals surface area contributed by atoms with Gasteiger partial charge in [0.15, 0.2) is 6.61 Å². The first-order valence-electron chi connectivity index (χ1n) is 11.2. The fraction of sp³-hybridized carbons (Fsp3) is 0.385. The molecular formula is C26H33N3O3. The maximum Gasteiger partial charge on any atom is 0.258 e. The lowest BCUT2D eigenvalue weighted by Gasteiger charge is -2.37. The first-order valence-corrected chi connectivity index (χ1v) is 11.2.